The molecule has 1 aliphatic heterocycles. The molecule has 1 atom stereocenters. The first kappa shape index (κ1) is 10.2. The summed E-state index contributed by atoms with van der Waals surface area (Å²) < 4.78 is 0. The van der Waals surface area contributed by atoms with Crippen LogP contribution in [0.5, 0.6) is 0 Å². The standard InChI is InChI=1S/C12H16N2O/c1-13-9-8-11(13)12(15)14(2)10-6-4-3-5-7-10/h3-7,11H,8-9H2,1-2H3/t11-/m0/s1. The first-order valence-corrected chi connectivity index (χ1v) is 5.23. The lowest BCUT2D eigenvalue weighted by molar-refractivity contribution is -0.126. The Morgan fingerprint density at radius 2 is 2.07 bits per heavy atom. The fraction of sp³-hybridized carbons (Fsp3) is 0.417. The van der Waals surface area contributed by atoms with Crippen molar-refractivity contribution >= 4 is 11.6 Å². The lowest BCUT2D eigenvalue weighted by atomic mass is 10.0. The van der Waals surface area contributed by atoms with E-state index in [2.05, 4.69) is 4.90 Å². The van der Waals surface area contributed by atoms with Gasteiger partial charge >= 0.3 is 0 Å². The molecular formula is C12H16N2O. The molecule has 3 heteroatoms. The molecular weight excluding hydrogens is 188 g/mol. The summed E-state index contributed by atoms with van der Waals surface area (Å²) >= 11 is 0. The van der Waals surface area contributed by atoms with Crippen LogP contribution in [0.3, 0.4) is 0 Å². The van der Waals surface area contributed by atoms with Crippen LogP contribution >= 0.6 is 0 Å². The van der Waals surface area contributed by atoms with Crippen LogP contribution in [-0.2, 0) is 4.79 Å². The van der Waals surface area contributed by atoms with Gasteiger partial charge < -0.3 is 4.90 Å². The molecule has 80 valence electrons. The van der Waals surface area contributed by atoms with Crippen molar-refractivity contribution in [2.75, 3.05) is 25.5 Å². The van der Waals surface area contributed by atoms with Crippen molar-refractivity contribution in [3.05, 3.63) is 30.3 Å². The van der Waals surface area contributed by atoms with Gasteiger partial charge in [0.15, 0.2) is 0 Å². The number of rotatable bonds is 2. The summed E-state index contributed by atoms with van der Waals surface area (Å²) in [5.74, 6) is 0.190. The first-order valence-electron chi connectivity index (χ1n) is 5.23. The molecule has 1 fully saturated rings. The predicted octanol–water partition coefficient (Wildman–Crippen LogP) is 1.35. The zero-order chi connectivity index (χ0) is 10.8. The van der Waals surface area contributed by atoms with E-state index >= 15 is 0 Å². The molecule has 15 heavy (non-hydrogen) atoms. The number of para-hydroxylation sites is 1. The molecule has 0 N–H and O–H groups in total. The Morgan fingerprint density at radius 1 is 1.40 bits per heavy atom. The maximum atomic E-state index is 12.0. The van der Waals surface area contributed by atoms with Crippen molar-refractivity contribution in [1.82, 2.24) is 4.90 Å². The second kappa shape index (κ2) is 4.03. The summed E-state index contributed by atoms with van der Waals surface area (Å²) in [7, 11) is 3.83. The number of carbonyl (C=O) groups excluding carboxylic acids is 1. The second-order valence-corrected chi connectivity index (χ2v) is 4.02. The van der Waals surface area contributed by atoms with Crippen molar-refractivity contribution in [1.29, 1.82) is 0 Å². The number of amides is 1. The summed E-state index contributed by atoms with van der Waals surface area (Å²) in [5, 5.41) is 0. The lowest BCUT2D eigenvalue weighted by Crippen LogP contribution is -2.54. The van der Waals surface area contributed by atoms with Gasteiger partial charge in [0.05, 0.1) is 6.04 Å². The van der Waals surface area contributed by atoms with Gasteiger partial charge in [-0.25, -0.2) is 0 Å². The predicted molar refractivity (Wildman–Crippen MR) is 60.9 cm³/mol. The van der Waals surface area contributed by atoms with Gasteiger partial charge in [0.2, 0.25) is 5.91 Å². The third kappa shape index (κ3) is 1.88. The van der Waals surface area contributed by atoms with Crippen LogP contribution in [0.1, 0.15) is 6.42 Å². The fourth-order valence-corrected chi connectivity index (χ4v) is 1.83. The summed E-state index contributed by atoms with van der Waals surface area (Å²) in [5.41, 5.74) is 0.961. The number of anilines is 1. The third-order valence-electron chi connectivity index (χ3n) is 3.05. The Balaban J connectivity index is 2.08. The average Bonchev–Trinajstić information content (AvgIpc) is 2.27. The van der Waals surface area contributed by atoms with Crippen molar-refractivity contribution in [2.45, 2.75) is 12.5 Å². The molecule has 0 spiro atoms. The van der Waals surface area contributed by atoms with Crippen LogP contribution in [0.4, 0.5) is 5.69 Å². The van der Waals surface area contributed by atoms with Crippen LogP contribution in [0.25, 0.3) is 0 Å². The Morgan fingerprint density at radius 3 is 2.53 bits per heavy atom. The van der Waals surface area contributed by atoms with Gasteiger partial charge in [0.1, 0.15) is 0 Å². The number of likely N-dealkylation sites (tertiary alicyclic amines) is 1. The molecule has 1 saturated heterocycles. The van der Waals surface area contributed by atoms with Crippen molar-refractivity contribution in [3.8, 4) is 0 Å². The molecule has 0 radical (unpaired) electrons. The highest BCUT2D eigenvalue weighted by Gasteiger charge is 2.33. The van der Waals surface area contributed by atoms with Crippen LogP contribution in [-0.4, -0.2) is 37.5 Å². The van der Waals surface area contributed by atoms with Gasteiger partial charge in [-0.2, -0.15) is 0 Å². The minimum atomic E-state index is 0.0789. The van der Waals surface area contributed by atoms with E-state index in [1.807, 2.05) is 44.4 Å². The number of carbonyl (C=O) groups is 1. The van der Waals surface area contributed by atoms with E-state index in [0.29, 0.717) is 0 Å². The molecule has 1 aromatic carbocycles. The summed E-state index contributed by atoms with van der Waals surface area (Å²) in [6.45, 7) is 1.03. The molecule has 0 unspecified atom stereocenters. The zero-order valence-corrected chi connectivity index (χ0v) is 9.18. The molecule has 0 aromatic heterocycles. The number of hydrogen-bond donors (Lipinski definition) is 0. The average molecular weight is 204 g/mol. The van der Waals surface area contributed by atoms with Crippen LogP contribution in [0, 0.1) is 0 Å². The highest BCUT2D eigenvalue weighted by Crippen LogP contribution is 2.20. The van der Waals surface area contributed by atoms with E-state index in [-0.39, 0.29) is 11.9 Å². The fourth-order valence-electron chi connectivity index (χ4n) is 1.83. The first-order chi connectivity index (χ1) is 7.20. The molecule has 0 aliphatic carbocycles. The number of benzene rings is 1. The monoisotopic (exact) mass is 204 g/mol. The summed E-state index contributed by atoms with van der Waals surface area (Å²) in [6, 6.07) is 9.84. The quantitative estimate of drug-likeness (QED) is 0.726. The Bertz CT molecular complexity index is 350. The van der Waals surface area contributed by atoms with Crippen molar-refractivity contribution < 1.29 is 4.79 Å². The highest BCUT2D eigenvalue weighted by atomic mass is 16.2. The maximum absolute atomic E-state index is 12.0. The van der Waals surface area contributed by atoms with E-state index in [4.69, 9.17) is 0 Å². The topological polar surface area (TPSA) is 23.6 Å². The smallest absolute Gasteiger partial charge is 0.244 e. The second-order valence-electron chi connectivity index (χ2n) is 4.02. The molecule has 0 bridgehead atoms. The maximum Gasteiger partial charge on any atom is 0.244 e. The highest BCUT2D eigenvalue weighted by molar-refractivity contribution is 5.97. The van der Waals surface area contributed by atoms with E-state index in [9.17, 15) is 4.79 Å². The van der Waals surface area contributed by atoms with Gasteiger partial charge in [-0.05, 0) is 25.6 Å². The Hall–Kier alpha value is -1.35. The van der Waals surface area contributed by atoms with Gasteiger partial charge in [-0.1, -0.05) is 18.2 Å². The summed E-state index contributed by atoms with van der Waals surface area (Å²) in [6.07, 6.45) is 0.979. The normalized spacial score (nSPS) is 20.8. The van der Waals surface area contributed by atoms with Crippen LogP contribution in [0.2, 0.25) is 0 Å². The Labute approximate surface area is 90.3 Å². The molecule has 2 rings (SSSR count). The molecule has 1 aromatic rings. The molecule has 1 amide bonds. The van der Waals surface area contributed by atoms with E-state index in [1.165, 1.54) is 0 Å². The number of likely N-dealkylation sites (N-methyl/N-ethyl adjacent to an activating group) is 2. The van der Waals surface area contributed by atoms with E-state index < -0.39 is 0 Å². The SMILES string of the molecule is CN(C(=O)[C@@H]1CCN1C)c1ccccc1. The Kier molecular flexibility index (Phi) is 2.73. The lowest BCUT2D eigenvalue weighted by Gasteiger charge is -2.38. The van der Waals surface area contributed by atoms with Crippen molar-refractivity contribution in [3.63, 3.8) is 0 Å². The van der Waals surface area contributed by atoms with Crippen LogP contribution < -0.4 is 4.90 Å². The molecule has 3 nitrogen and oxygen atoms in total. The molecule has 1 heterocycles. The van der Waals surface area contributed by atoms with Crippen LogP contribution in [0.15, 0.2) is 30.3 Å². The van der Waals surface area contributed by atoms with Gasteiger partial charge in [0.25, 0.3) is 0 Å². The number of nitrogens with zero attached hydrogens (tertiary/aromatic N) is 2. The minimum absolute atomic E-state index is 0.0789. The van der Waals surface area contributed by atoms with E-state index in [0.717, 1.165) is 18.7 Å². The molecule has 1 aliphatic rings. The number of hydrogen-bond acceptors (Lipinski definition) is 2. The summed E-state index contributed by atoms with van der Waals surface area (Å²) in [4.78, 5) is 15.8. The minimum Gasteiger partial charge on any atom is -0.314 e. The largest absolute Gasteiger partial charge is 0.314 e. The molecule has 0 saturated carbocycles. The van der Waals surface area contributed by atoms with Gasteiger partial charge in [-0.3, -0.25) is 9.69 Å². The van der Waals surface area contributed by atoms with E-state index in [1.54, 1.807) is 4.90 Å². The van der Waals surface area contributed by atoms with Gasteiger partial charge in [0, 0.05) is 19.3 Å². The van der Waals surface area contributed by atoms with Gasteiger partial charge in [-0.15, -0.1) is 0 Å². The van der Waals surface area contributed by atoms with Crippen molar-refractivity contribution in [2.24, 2.45) is 0 Å². The third-order valence-corrected chi connectivity index (χ3v) is 3.05. The zero-order valence-electron chi connectivity index (χ0n) is 9.18.